The number of hydrogen-bond acceptors (Lipinski definition) is 4. The second-order valence-corrected chi connectivity index (χ2v) is 5.08. The SMILES string of the molecule is CCCC(N)C(=O)Nc1ccc(NC(=O)C2CC2)nc1. The summed E-state index contributed by atoms with van der Waals surface area (Å²) in [6, 6.07) is 2.86. The molecular weight excluding hydrogens is 256 g/mol. The lowest BCUT2D eigenvalue weighted by molar-refractivity contribution is -0.118. The molecule has 2 rings (SSSR count). The maximum Gasteiger partial charge on any atom is 0.241 e. The fourth-order valence-electron chi connectivity index (χ4n) is 1.79. The normalized spacial score (nSPS) is 15.5. The van der Waals surface area contributed by atoms with Crippen LogP contribution < -0.4 is 16.4 Å². The molecule has 1 aromatic rings. The number of aromatic nitrogens is 1. The van der Waals surface area contributed by atoms with Crippen molar-refractivity contribution in [3.63, 3.8) is 0 Å². The Morgan fingerprint density at radius 2 is 2.15 bits per heavy atom. The summed E-state index contributed by atoms with van der Waals surface area (Å²) in [5.74, 6) is 0.434. The van der Waals surface area contributed by atoms with Crippen LogP contribution in [0.1, 0.15) is 32.6 Å². The van der Waals surface area contributed by atoms with Crippen LogP contribution in [0, 0.1) is 5.92 Å². The standard InChI is InChI=1S/C14H20N4O2/c1-2-3-11(15)14(20)17-10-6-7-12(16-8-10)18-13(19)9-4-5-9/h6-9,11H,2-5,15H2,1H3,(H,17,20)(H,16,18,19). The molecule has 1 fully saturated rings. The Labute approximate surface area is 118 Å². The van der Waals surface area contributed by atoms with E-state index in [0.29, 0.717) is 17.9 Å². The Kier molecular flexibility index (Phi) is 4.68. The van der Waals surface area contributed by atoms with Crippen molar-refractivity contribution in [3.8, 4) is 0 Å². The summed E-state index contributed by atoms with van der Waals surface area (Å²) in [7, 11) is 0. The van der Waals surface area contributed by atoms with Crippen molar-refractivity contribution in [2.24, 2.45) is 11.7 Å². The highest BCUT2D eigenvalue weighted by molar-refractivity contribution is 5.95. The van der Waals surface area contributed by atoms with Crippen LogP contribution in [0.5, 0.6) is 0 Å². The Morgan fingerprint density at radius 1 is 1.40 bits per heavy atom. The van der Waals surface area contributed by atoms with Gasteiger partial charge < -0.3 is 16.4 Å². The number of nitrogens with one attached hydrogen (secondary N) is 2. The van der Waals surface area contributed by atoms with E-state index in [0.717, 1.165) is 19.3 Å². The topological polar surface area (TPSA) is 97.1 Å². The van der Waals surface area contributed by atoms with Crippen LogP contribution in [0.25, 0.3) is 0 Å². The second kappa shape index (κ2) is 6.47. The summed E-state index contributed by atoms with van der Waals surface area (Å²) in [6.45, 7) is 1.98. The van der Waals surface area contributed by atoms with Gasteiger partial charge in [0.05, 0.1) is 17.9 Å². The zero-order chi connectivity index (χ0) is 14.5. The highest BCUT2D eigenvalue weighted by Gasteiger charge is 2.29. The number of anilines is 2. The summed E-state index contributed by atoms with van der Waals surface area (Å²) in [5.41, 5.74) is 6.30. The molecule has 1 heterocycles. The summed E-state index contributed by atoms with van der Waals surface area (Å²) in [6.07, 6.45) is 4.93. The van der Waals surface area contributed by atoms with Gasteiger partial charge in [0, 0.05) is 5.92 Å². The summed E-state index contributed by atoms with van der Waals surface area (Å²) < 4.78 is 0. The van der Waals surface area contributed by atoms with Crippen LogP contribution in [0.3, 0.4) is 0 Å². The van der Waals surface area contributed by atoms with Crippen molar-refractivity contribution in [1.82, 2.24) is 4.98 Å². The molecule has 20 heavy (non-hydrogen) atoms. The van der Waals surface area contributed by atoms with Crippen molar-refractivity contribution in [3.05, 3.63) is 18.3 Å². The number of nitrogens with two attached hydrogens (primary N) is 1. The first-order chi connectivity index (χ1) is 9.60. The number of amides is 2. The number of carbonyl (C=O) groups is 2. The van der Waals surface area contributed by atoms with Gasteiger partial charge in [-0.15, -0.1) is 0 Å². The molecule has 0 bridgehead atoms. The van der Waals surface area contributed by atoms with Gasteiger partial charge in [-0.05, 0) is 31.4 Å². The van der Waals surface area contributed by atoms with Gasteiger partial charge in [-0.3, -0.25) is 9.59 Å². The zero-order valence-electron chi connectivity index (χ0n) is 11.6. The quantitative estimate of drug-likeness (QED) is 0.733. The molecule has 1 aromatic heterocycles. The first-order valence-corrected chi connectivity index (χ1v) is 6.93. The highest BCUT2D eigenvalue weighted by Crippen LogP contribution is 2.29. The number of carbonyl (C=O) groups excluding carboxylic acids is 2. The summed E-state index contributed by atoms with van der Waals surface area (Å²) >= 11 is 0. The third-order valence-electron chi connectivity index (χ3n) is 3.17. The van der Waals surface area contributed by atoms with Crippen LogP contribution >= 0.6 is 0 Å². The van der Waals surface area contributed by atoms with E-state index < -0.39 is 6.04 Å². The van der Waals surface area contributed by atoms with Gasteiger partial charge in [-0.2, -0.15) is 0 Å². The van der Waals surface area contributed by atoms with Gasteiger partial charge in [0.15, 0.2) is 0 Å². The van der Waals surface area contributed by atoms with Crippen LogP contribution in [0.2, 0.25) is 0 Å². The molecule has 0 aliphatic heterocycles. The predicted molar refractivity (Wildman–Crippen MR) is 77.1 cm³/mol. The van der Waals surface area contributed by atoms with Crippen LogP contribution in [-0.2, 0) is 9.59 Å². The van der Waals surface area contributed by atoms with E-state index in [1.54, 1.807) is 12.1 Å². The minimum absolute atomic E-state index is 0.0132. The number of rotatable bonds is 6. The Morgan fingerprint density at radius 3 is 2.70 bits per heavy atom. The molecule has 0 spiro atoms. The van der Waals surface area contributed by atoms with E-state index in [1.807, 2.05) is 6.92 Å². The third-order valence-corrected chi connectivity index (χ3v) is 3.17. The summed E-state index contributed by atoms with van der Waals surface area (Å²) in [4.78, 5) is 27.4. The van der Waals surface area contributed by atoms with E-state index >= 15 is 0 Å². The zero-order valence-corrected chi connectivity index (χ0v) is 11.6. The summed E-state index contributed by atoms with van der Waals surface area (Å²) in [5, 5.41) is 5.44. The molecule has 2 amide bonds. The van der Waals surface area contributed by atoms with E-state index in [4.69, 9.17) is 5.73 Å². The third kappa shape index (κ3) is 4.03. The van der Waals surface area contributed by atoms with Gasteiger partial charge in [0.2, 0.25) is 11.8 Å². The molecule has 1 atom stereocenters. The van der Waals surface area contributed by atoms with Crippen LogP contribution in [0.4, 0.5) is 11.5 Å². The molecule has 6 heteroatoms. The number of pyridine rings is 1. The van der Waals surface area contributed by atoms with Crippen molar-refractivity contribution in [2.45, 2.75) is 38.6 Å². The molecule has 108 valence electrons. The molecule has 1 unspecified atom stereocenters. The van der Waals surface area contributed by atoms with Crippen molar-refractivity contribution in [2.75, 3.05) is 10.6 Å². The minimum atomic E-state index is -0.505. The Hall–Kier alpha value is -1.95. The maximum atomic E-state index is 11.7. The van der Waals surface area contributed by atoms with E-state index in [2.05, 4.69) is 15.6 Å². The molecule has 0 saturated heterocycles. The van der Waals surface area contributed by atoms with Gasteiger partial charge in [0.25, 0.3) is 0 Å². The first kappa shape index (κ1) is 14.5. The Balaban J connectivity index is 1.87. The molecule has 0 aromatic carbocycles. The Bertz CT molecular complexity index is 482. The minimum Gasteiger partial charge on any atom is -0.323 e. The monoisotopic (exact) mass is 276 g/mol. The van der Waals surface area contributed by atoms with Gasteiger partial charge in [-0.1, -0.05) is 13.3 Å². The lowest BCUT2D eigenvalue weighted by Crippen LogP contribution is -2.35. The smallest absolute Gasteiger partial charge is 0.241 e. The van der Waals surface area contributed by atoms with E-state index in [9.17, 15) is 9.59 Å². The predicted octanol–water partition coefficient (Wildman–Crippen LogP) is 1.50. The number of nitrogens with zero attached hydrogens (tertiary/aromatic N) is 1. The molecular formula is C14H20N4O2. The van der Waals surface area contributed by atoms with E-state index in [1.165, 1.54) is 6.20 Å². The van der Waals surface area contributed by atoms with Gasteiger partial charge >= 0.3 is 0 Å². The average molecular weight is 276 g/mol. The lowest BCUT2D eigenvalue weighted by atomic mass is 10.1. The van der Waals surface area contributed by atoms with E-state index in [-0.39, 0.29) is 17.7 Å². The van der Waals surface area contributed by atoms with Crippen molar-refractivity contribution >= 4 is 23.3 Å². The number of hydrogen-bond donors (Lipinski definition) is 3. The molecule has 4 N–H and O–H groups in total. The highest BCUT2D eigenvalue weighted by atomic mass is 16.2. The average Bonchev–Trinajstić information content (AvgIpc) is 3.25. The maximum absolute atomic E-state index is 11.7. The van der Waals surface area contributed by atoms with Crippen molar-refractivity contribution < 1.29 is 9.59 Å². The van der Waals surface area contributed by atoms with Crippen LogP contribution in [-0.4, -0.2) is 22.8 Å². The molecule has 0 radical (unpaired) electrons. The van der Waals surface area contributed by atoms with Crippen molar-refractivity contribution in [1.29, 1.82) is 0 Å². The molecule has 1 aliphatic carbocycles. The second-order valence-electron chi connectivity index (χ2n) is 5.08. The largest absolute Gasteiger partial charge is 0.323 e. The molecule has 6 nitrogen and oxygen atoms in total. The fourth-order valence-corrected chi connectivity index (χ4v) is 1.79. The van der Waals surface area contributed by atoms with Gasteiger partial charge in [0.1, 0.15) is 5.82 Å². The first-order valence-electron chi connectivity index (χ1n) is 6.93. The van der Waals surface area contributed by atoms with Gasteiger partial charge in [-0.25, -0.2) is 4.98 Å². The van der Waals surface area contributed by atoms with Crippen LogP contribution in [0.15, 0.2) is 18.3 Å². The molecule has 1 aliphatic rings. The fraction of sp³-hybridized carbons (Fsp3) is 0.500. The lowest BCUT2D eigenvalue weighted by Gasteiger charge is -2.11. The molecule has 1 saturated carbocycles.